The Morgan fingerprint density at radius 1 is 1.15 bits per heavy atom. The van der Waals surface area contributed by atoms with Crippen LogP contribution in [-0.4, -0.2) is 33.3 Å². The first-order chi connectivity index (χ1) is 16.4. The number of carbonyl (C=O) groups excluding carboxylic acids is 2. The zero-order chi connectivity index (χ0) is 24.2. The van der Waals surface area contributed by atoms with Gasteiger partial charge in [-0.1, -0.05) is 36.7 Å². The lowest BCUT2D eigenvalue weighted by molar-refractivity contribution is -0.140. The molecule has 1 aliphatic rings. The van der Waals surface area contributed by atoms with Crippen LogP contribution in [-0.2, 0) is 16.1 Å². The van der Waals surface area contributed by atoms with Crippen molar-refractivity contribution in [1.82, 2.24) is 9.88 Å². The van der Waals surface area contributed by atoms with Gasteiger partial charge in [-0.2, -0.15) is 0 Å². The normalized spacial score (nSPS) is 17.3. The minimum absolute atomic E-state index is 0.0431. The molecule has 0 bridgehead atoms. The molecule has 1 unspecified atom stereocenters. The number of hydrogen-bond donors (Lipinski definition) is 1. The summed E-state index contributed by atoms with van der Waals surface area (Å²) in [6.07, 6.45) is 4.17. The number of nitrogens with zero attached hydrogens (tertiary/aromatic N) is 2. The van der Waals surface area contributed by atoms with Gasteiger partial charge in [0, 0.05) is 29.5 Å². The van der Waals surface area contributed by atoms with Crippen LogP contribution in [0.2, 0.25) is 5.02 Å². The molecule has 1 fully saturated rings. The number of rotatable bonds is 7. The van der Waals surface area contributed by atoms with Gasteiger partial charge in [0.2, 0.25) is 0 Å². The number of likely N-dealkylation sites (tertiary alicyclic amines) is 1. The number of pyridine rings is 1. The van der Waals surface area contributed by atoms with Gasteiger partial charge in [0.15, 0.2) is 0 Å². The fourth-order valence-corrected chi connectivity index (χ4v) is 4.21. The molecule has 2 aromatic carbocycles. The van der Waals surface area contributed by atoms with Crippen LogP contribution >= 0.6 is 11.6 Å². The number of hydrogen-bond acceptors (Lipinski definition) is 5. The molecule has 0 radical (unpaired) electrons. The molecule has 1 aliphatic heterocycles. The molecule has 1 N–H and O–H groups in total. The van der Waals surface area contributed by atoms with Gasteiger partial charge >= 0.3 is 0 Å². The summed E-state index contributed by atoms with van der Waals surface area (Å²) in [5.41, 5.74) is 2.70. The van der Waals surface area contributed by atoms with E-state index in [4.69, 9.17) is 16.3 Å². The van der Waals surface area contributed by atoms with Crippen LogP contribution in [0, 0.1) is 6.92 Å². The van der Waals surface area contributed by atoms with E-state index in [-0.39, 0.29) is 17.9 Å². The van der Waals surface area contributed by atoms with Crippen LogP contribution in [0.25, 0.3) is 5.76 Å². The molecule has 0 spiro atoms. The predicted molar refractivity (Wildman–Crippen MR) is 131 cm³/mol. The number of benzene rings is 2. The molecule has 7 heteroatoms. The Morgan fingerprint density at radius 3 is 2.56 bits per heavy atom. The number of ketones is 1. The Balaban J connectivity index is 1.82. The lowest BCUT2D eigenvalue weighted by Crippen LogP contribution is -2.29. The Labute approximate surface area is 203 Å². The molecule has 174 valence electrons. The van der Waals surface area contributed by atoms with Crippen molar-refractivity contribution in [1.29, 1.82) is 0 Å². The van der Waals surface area contributed by atoms with Crippen LogP contribution in [0.5, 0.6) is 5.75 Å². The third-order valence-electron chi connectivity index (χ3n) is 5.73. The number of carbonyl (C=O) groups is 2. The Morgan fingerprint density at radius 2 is 1.91 bits per heavy atom. The molecule has 3 aromatic rings. The highest BCUT2D eigenvalue weighted by Gasteiger charge is 2.46. The number of aryl methyl sites for hydroxylation is 1. The van der Waals surface area contributed by atoms with E-state index in [0.29, 0.717) is 28.5 Å². The zero-order valence-electron chi connectivity index (χ0n) is 19.0. The van der Waals surface area contributed by atoms with Crippen molar-refractivity contribution < 1.29 is 19.4 Å². The van der Waals surface area contributed by atoms with Gasteiger partial charge in [0.05, 0.1) is 18.2 Å². The van der Waals surface area contributed by atoms with Crippen molar-refractivity contribution in [2.45, 2.75) is 32.9 Å². The van der Waals surface area contributed by atoms with E-state index in [1.165, 1.54) is 4.90 Å². The number of aromatic nitrogens is 1. The van der Waals surface area contributed by atoms with Crippen molar-refractivity contribution >= 4 is 29.1 Å². The summed E-state index contributed by atoms with van der Waals surface area (Å²) in [4.78, 5) is 31.9. The predicted octanol–water partition coefficient (Wildman–Crippen LogP) is 5.45. The molecule has 4 rings (SSSR count). The molecule has 34 heavy (non-hydrogen) atoms. The van der Waals surface area contributed by atoms with E-state index in [9.17, 15) is 14.7 Å². The van der Waals surface area contributed by atoms with Gasteiger partial charge in [-0.05, 0) is 66.4 Å². The minimum Gasteiger partial charge on any atom is -0.507 e. The van der Waals surface area contributed by atoms with Crippen molar-refractivity contribution in [3.8, 4) is 5.75 Å². The maximum absolute atomic E-state index is 13.2. The topological polar surface area (TPSA) is 79.7 Å². The second-order valence-electron chi connectivity index (χ2n) is 8.17. The van der Waals surface area contributed by atoms with Gasteiger partial charge in [0.25, 0.3) is 11.7 Å². The van der Waals surface area contributed by atoms with Gasteiger partial charge in [-0.3, -0.25) is 14.6 Å². The summed E-state index contributed by atoms with van der Waals surface area (Å²) in [6.45, 7) is 4.61. The number of aliphatic hydroxyl groups excluding tert-OH is 1. The molecule has 1 aromatic heterocycles. The van der Waals surface area contributed by atoms with E-state index in [1.54, 1.807) is 54.9 Å². The number of ether oxygens (including phenoxy) is 1. The average Bonchev–Trinajstić information content (AvgIpc) is 3.08. The zero-order valence-corrected chi connectivity index (χ0v) is 19.7. The summed E-state index contributed by atoms with van der Waals surface area (Å²) >= 11 is 6.08. The van der Waals surface area contributed by atoms with Crippen molar-refractivity contribution in [3.63, 3.8) is 0 Å². The van der Waals surface area contributed by atoms with Crippen LogP contribution in [0.15, 0.2) is 72.6 Å². The summed E-state index contributed by atoms with van der Waals surface area (Å²) in [5.74, 6) is -0.938. The van der Waals surface area contributed by atoms with E-state index < -0.39 is 17.7 Å². The van der Waals surface area contributed by atoms with Crippen LogP contribution < -0.4 is 4.74 Å². The minimum atomic E-state index is -0.770. The van der Waals surface area contributed by atoms with Gasteiger partial charge < -0.3 is 14.7 Å². The van der Waals surface area contributed by atoms with Crippen molar-refractivity contribution in [3.05, 3.63) is 99.8 Å². The fourth-order valence-electron chi connectivity index (χ4n) is 4.08. The molecule has 1 atom stereocenters. The fraction of sp³-hybridized carbons (Fsp3) is 0.222. The number of halogens is 1. The summed E-state index contributed by atoms with van der Waals surface area (Å²) in [6, 6.07) is 15.0. The lowest BCUT2D eigenvalue weighted by atomic mass is 9.94. The largest absolute Gasteiger partial charge is 0.507 e. The standard InChI is InChI=1S/C27H25ClN2O4/c1-3-13-34-21-10-11-22(17(2)14-21)25(31)23-24(19-6-8-20(28)9-7-19)30(27(33)26(23)32)16-18-5-4-12-29-15-18/h4-12,14-15,24,31H,3,13,16H2,1-2H3/b25-23-. The molecule has 6 nitrogen and oxygen atoms in total. The van der Waals surface area contributed by atoms with Crippen LogP contribution in [0.3, 0.4) is 0 Å². The first-order valence-electron chi connectivity index (χ1n) is 11.1. The van der Waals surface area contributed by atoms with E-state index in [1.807, 2.05) is 26.0 Å². The third kappa shape index (κ3) is 4.68. The quantitative estimate of drug-likeness (QED) is 0.278. The van der Waals surface area contributed by atoms with Crippen molar-refractivity contribution in [2.75, 3.05) is 6.61 Å². The van der Waals surface area contributed by atoms with E-state index >= 15 is 0 Å². The molecule has 1 saturated heterocycles. The third-order valence-corrected chi connectivity index (χ3v) is 5.98. The highest BCUT2D eigenvalue weighted by Crippen LogP contribution is 2.41. The second kappa shape index (κ2) is 10.1. The van der Waals surface area contributed by atoms with E-state index in [0.717, 1.165) is 17.5 Å². The van der Waals surface area contributed by atoms with Crippen molar-refractivity contribution in [2.24, 2.45) is 0 Å². The highest BCUT2D eigenvalue weighted by atomic mass is 35.5. The first-order valence-corrected chi connectivity index (χ1v) is 11.4. The Hall–Kier alpha value is -3.64. The molecule has 0 aliphatic carbocycles. The highest BCUT2D eigenvalue weighted by molar-refractivity contribution is 6.46. The monoisotopic (exact) mass is 476 g/mol. The maximum atomic E-state index is 13.2. The number of amides is 1. The maximum Gasteiger partial charge on any atom is 0.295 e. The van der Waals surface area contributed by atoms with Gasteiger partial charge in [0.1, 0.15) is 11.5 Å². The Kier molecular flexibility index (Phi) is 6.98. The van der Waals surface area contributed by atoms with E-state index in [2.05, 4.69) is 4.98 Å². The lowest BCUT2D eigenvalue weighted by Gasteiger charge is -2.25. The average molecular weight is 477 g/mol. The molecule has 1 amide bonds. The molecular weight excluding hydrogens is 452 g/mol. The van der Waals surface area contributed by atoms with Crippen LogP contribution in [0.4, 0.5) is 0 Å². The second-order valence-corrected chi connectivity index (χ2v) is 8.60. The van der Waals surface area contributed by atoms with Gasteiger partial charge in [-0.25, -0.2) is 0 Å². The number of Topliss-reactive ketones (excluding diaryl/α,β-unsaturated/α-hetero) is 1. The number of aliphatic hydroxyl groups is 1. The summed E-state index contributed by atoms with van der Waals surface area (Å²) in [5, 5.41) is 11.9. The summed E-state index contributed by atoms with van der Waals surface area (Å²) in [7, 11) is 0. The van der Waals surface area contributed by atoms with Crippen LogP contribution in [0.1, 0.15) is 41.6 Å². The summed E-state index contributed by atoms with van der Waals surface area (Å²) < 4.78 is 5.67. The van der Waals surface area contributed by atoms with Gasteiger partial charge in [-0.15, -0.1) is 0 Å². The molecular formula is C27H25ClN2O4. The SMILES string of the molecule is CCCOc1ccc(/C(O)=C2/C(=O)C(=O)N(Cc3cccnc3)C2c2ccc(Cl)cc2)c(C)c1. The Bertz CT molecular complexity index is 1240. The molecule has 0 saturated carbocycles. The first kappa shape index (κ1) is 23.5. The smallest absolute Gasteiger partial charge is 0.295 e. The molecule has 2 heterocycles.